The number of carbonyl (C=O) groups excluding carboxylic acids is 1. The third-order valence-electron chi connectivity index (χ3n) is 2.72. The number of nitrogens with zero attached hydrogens (tertiary/aromatic N) is 2. The van der Waals surface area contributed by atoms with E-state index in [1.165, 1.54) is 16.8 Å². The minimum Gasteiger partial charge on any atom is -0.480 e. The smallest absolute Gasteiger partial charge is 0.326 e. The maximum absolute atomic E-state index is 11.9. The van der Waals surface area contributed by atoms with Gasteiger partial charge in [-0.05, 0) is 18.9 Å². The van der Waals surface area contributed by atoms with E-state index in [2.05, 4.69) is 10.4 Å². The molecule has 7 heteroatoms. The van der Waals surface area contributed by atoms with E-state index in [0.717, 1.165) is 0 Å². The molecule has 1 aromatic heterocycles. The van der Waals surface area contributed by atoms with Crippen LogP contribution >= 0.6 is 0 Å². The van der Waals surface area contributed by atoms with Gasteiger partial charge in [-0.3, -0.25) is 9.59 Å². The van der Waals surface area contributed by atoms with E-state index < -0.39 is 17.9 Å². The standard InChI is InChI=1S/C13H19N3O4/c1-3-5-10(13(19)20)14-12(18)9-6-7-11(17)16(15-9)8-4-2/h6-7,10H,3-5,8H2,1-2H3,(H,14,18)(H,19,20). The summed E-state index contributed by atoms with van der Waals surface area (Å²) in [5.41, 5.74) is -0.243. The van der Waals surface area contributed by atoms with E-state index in [4.69, 9.17) is 5.11 Å². The van der Waals surface area contributed by atoms with Crippen LogP contribution in [-0.2, 0) is 11.3 Å². The molecule has 20 heavy (non-hydrogen) atoms. The van der Waals surface area contributed by atoms with E-state index in [0.29, 0.717) is 25.8 Å². The average Bonchev–Trinajstić information content (AvgIpc) is 2.40. The van der Waals surface area contributed by atoms with Crippen molar-refractivity contribution in [3.63, 3.8) is 0 Å². The highest BCUT2D eigenvalue weighted by Crippen LogP contribution is 2.00. The fraction of sp³-hybridized carbons (Fsp3) is 0.538. The molecule has 0 aliphatic rings. The molecule has 0 aromatic carbocycles. The first kappa shape index (κ1) is 15.9. The number of aliphatic carboxylic acids is 1. The number of hydrogen-bond acceptors (Lipinski definition) is 4. The Balaban J connectivity index is 2.88. The molecule has 1 aromatic rings. The van der Waals surface area contributed by atoms with Crippen LogP contribution in [0, 0.1) is 0 Å². The molecule has 0 bridgehead atoms. The molecule has 0 saturated carbocycles. The summed E-state index contributed by atoms with van der Waals surface area (Å²) < 4.78 is 1.20. The van der Waals surface area contributed by atoms with Gasteiger partial charge in [0.15, 0.2) is 0 Å². The van der Waals surface area contributed by atoms with Crippen molar-refractivity contribution in [3.05, 3.63) is 28.2 Å². The molecular formula is C13H19N3O4. The Hall–Kier alpha value is -2.18. The largest absolute Gasteiger partial charge is 0.480 e. The van der Waals surface area contributed by atoms with Gasteiger partial charge in [-0.25, -0.2) is 9.48 Å². The van der Waals surface area contributed by atoms with E-state index >= 15 is 0 Å². The summed E-state index contributed by atoms with van der Waals surface area (Å²) in [5, 5.41) is 15.3. The minimum absolute atomic E-state index is 0.0420. The molecule has 2 N–H and O–H groups in total. The zero-order chi connectivity index (χ0) is 15.1. The van der Waals surface area contributed by atoms with Crippen molar-refractivity contribution in [1.29, 1.82) is 0 Å². The van der Waals surface area contributed by atoms with Gasteiger partial charge in [-0.1, -0.05) is 20.3 Å². The first-order valence-electron chi connectivity index (χ1n) is 6.61. The van der Waals surface area contributed by atoms with Crippen molar-refractivity contribution < 1.29 is 14.7 Å². The van der Waals surface area contributed by atoms with Crippen molar-refractivity contribution in [2.75, 3.05) is 0 Å². The summed E-state index contributed by atoms with van der Waals surface area (Å²) in [4.78, 5) is 34.4. The van der Waals surface area contributed by atoms with Gasteiger partial charge in [-0.2, -0.15) is 5.10 Å². The van der Waals surface area contributed by atoms with E-state index in [-0.39, 0.29) is 11.3 Å². The van der Waals surface area contributed by atoms with Crippen LogP contribution in [0.15, 0.2) is 16.9 Å². The van der Waals surface area contributed by atoms with Crippen LogP contribution in [-0.4, -0.2) is 32.8 Å². The lowest BCUT2D eigenvalue weighted by Crippen LogP contribution is -2.41. The van der Waals surface area contributed by atoms with Crippen molar-refractivity contribution in [2.24, 2.45) is 0 Å². The normalized spacial score (nSPS) is 11.9. The number of rotatable bonds is 7. The minimum atomic E-state index is -1.08. The molecule has 0 aliphatic carbocycles. The van der Waals surface area contributed by atoms with Gasteiger partial charge in [-0.15, -0.1) is 0 Å². The van der Waals surface area contributed by atoms with Gasteiger partial charge in [0.25, 0.3) is 11.5 Å². The fourth-order valence-corrected chi connectivity index (χ4v) is 1.72. The van der Waals surface area contributed by atoms with Crippen molar-refractivity contribution in [2.45, 2.75) is 45.7 Å². The SMILES string of the molecule is CCCC(NC(=O)c1ccc(=O)n(CCC)n1)C(=O)O. The average molecular weight is 281 g/mol. The number of aromatic nitrogens is 2. The predicted molar refractivity (Wildman–Crippen MR) is 72.6 cm³/mol. The summed E-state index contributed by atoms with van der Waals surface area (Å²) in [5.74, 6) is -1.67. The van der Waals surface area contributed by atoms with Gasteiger partial charge < -0.3 is 10.4 Å². The molecule has 0 radical (unpaired) electrons. The highest BCUT2D eigenvalue weighted by molar-refractivity contribution is 5.94. The Kier molecular flexibility index (Phi) is 5.89. The van der Waals surface area contributed by atoms with E-state index in [9.17, 15) is 14.4 Å². The maximum Gasteiger partial charge on any atom is 0.326 e. The van der Waals surface area contributed by atoms with E-state index in [1.54, 1.807) is 0 Å². The third-order valence-corrected chi connectivity index (χ3v) is 2.72. The van der Waals surface area contributed by atoms with Crippen LogP contribution in [0.3, 0.4) is 0 Å². The lowest BCUT2D eigenvalue weighted by Gasteiger charge is -2.13. The highest BCUT2D eigenvalue weighted by atomic mass is 16.4. The van der Waals surface area contributed by atoms with E-state index in [1.807, 2.05) is 13.8 Å². The summed E-state index contributed by atoms with van der Waals surface area (Å²) in [6, 6.07) is 1.61. The van der Waals surface area contributed by atoms with Crippen LogP contribution in [0.1, 0.15) is 43.6 Å². The van der Waals surface area contributed by atoms with Gasteiger partial charge in [0.2, 0.25) is 0 Å². The molecule has 1 amide bonds. The zero-order valence-electron chi connectivity index (χ0n) is 11.6. The molecule has 1 atom stereocenters. The first-order chi connectivity index (χ1) is 9.49. The number of carboxylic acids is 1. The Morgan fingerprint density at radius 2 is 2.05 bits per heavy atom. The Morgan fingerprint density at radius 1 is 1.35 bits per heavy atom. The second-order valence-corrected chi connectivity index (χ2v) is 4.43. The molecule has 0 spiro atoms. The van der Waals surface area contributed by atoms with Gasteiger partial charge in [0.1, 0.15) is 11.7 Å². The molecule has 0 fully saturated rings. The fourth-order valence-electron chi connectivity index (χ4n) is 1.72. The third kappa shape index (κ3) is 4.18. The lowest BCUT2D eigenvalue weighted by atomic mass is 10.1. The zero-order valence-corrected chi connectivity index (χ0v) is 11.6. The monoisotopic (exact) mass is 281 g/mol. The number of hydrogen-bond donors (Lipinski definition) is 2. The maximum atomic E-state index is 11.9. The molecular weight excluding hydrogens is 262 g/mol. The predicted octanol–water partition coefficient (Wildman–Crippen LogP) is 0.636. The topological polar surface area (TPSA) is 101 Å². The Labute approximate surface area is 116 Å². The van der Waals surface area contributed by atoms with Crippen LogP contribution in [0.2, 0.25) is 0 Å². The van der Waals surface area contributed by atoms with Crippen LogP contribution in [0.5, 0.6) is 0 Å². The number of aryl methyl sites for hydroxylation is 1. The highest BCUT2D eigenvalue weighted by Gasteiger charge is 2.20. The number of amides is 1. The molecule has 110 valence electrons. The van der Waals surface area contributed by atoms with Crippen LogP contribution in [0.25, 0.3) is 0 Å². The van der Waals surface area contributed by atoms with Crippen LogP contribution in [0.4, 0.5) is 0 Å². The molecule has 1 heterocycles. The van der Waals surface area contributed by atoms with Crippen molar-refractivity contribution in [3.8, 4) is 0 Å². The van der Waals surface area contributed by atoms with Crippen molar-refractivity contribution >= 4 is 11.9 Å². The molecule has 0 saturated heterocycles. The molecule has 1 rings (SSSR count). The van der Waals surface area contributed by atoms with Crippen LogP contribution < -0.4 is 10.9 Å². The Bertz CT molecular complexity index is 539. The second-order valence-electron chi connectivity index (χ2n) is 4.43. The van der Waals surface area contributed by atoms with Crippen molar-refractivity contribution in [1.82, 2.24) is 15.1 Å². The second kappa shape index (κ2) is 7.42. The number of carbonyl (C=O) groups is 2. The quantitative estimate of drug-likeness (QED) is 0.763. The molecule has 1 unspecified atom stereocenters. The van der Waals surface area contributed by atoms with Gasteiger partial charge >= 0.3 is 5.97 Å². The summed E-state index contributed by atoms with van der Waals surface area (Å²) in [6.45, 7) is 4.14. The summed E-state index contributed by atoms with van der Waals surface area (Å²) >= 11 is 0. The van der Waals surface area contributed by atoms with Gasteiger partial charge in [0.05, 0.1) is 0 Å². The number of nitrogens with one attached hydrogen (secondary N) is 1. The lowest BCUT2D eigenvalue weighted by molar-refractivity contribution is -0.139. The Morgan fingerprint density at radius 3 is 2.60 bits per heavy atom. The summed E-state index contributed by atoms with van der Waals surface area (Å²) in [7, 11) is 0. The van der Waals surface area contributed by atoms with Gasteiger partial charge in [0, 0.05) is 12.6 Å². The molecule has 0 aliphatic heterocycles. The number of carboxylic acid groups (broad SMARTS) is 1. The first-order valence-corrected chi connectivity index (χ1v) is 6.61. The summed E-state index contributed by atoms with van der Waals surface area (Å²) in [6.07, 6.45) is 1.70. The molecule has 7 nitrogen and oxygen atoms in total.